The second-order valence-electron chi connectivity index (χ2n) is 3.95. The molecule has 5 heteroatoms. The summed E-state index contributed by atoms with van der Waals surface area (Å²) >= 11 is 5.70. The lowest BCUT2D eigenvalue weighted by Crippen LogP contribution is -2.07. The van der Waals surface area contributed by atoms with Crippen LogP contribution >= 0.6 is 11.6 Å². The molecule has 0 saturated carbocycles. The molecule has 3 N–H and O–H groups in total. The number of pyridine rings is 1. The number of nitrogens with one attached hydrogen (secondary N) is 1. The fourth-order valence-electron chi connectivity index (χ4n) is 1.77. The Kier molecular flexibility index (Phi) is 3.58. The Balaban J connectivity index is 2.22. The van der Waals surface area contributed by atoms with Crippen LogP contribution in [0.5, 0.6) is 11.5 Å². The Bertz CT molecular complexity index is 523. The summed E-state index contributed by atoms with van der Waals surface area (Å²) in [6, 6.07) is 7.85. The number of nitrogens with zero attached hydrogens (tertiary/aromatic N) is 1. The highest BCUT2D eigenvalue weighted by molar-refractivity contribution is 6.29. The van der Waals surface area contributed by atoms with Crippen molar-refractivity contribution in [3.8, 4) is 11.5 Å². The summed E-state index contributed by atoms with van der Waals surface area (Å²) in [5.41, 5.74) is 1.21. The van der Waals surface area contributed by atoms with Crippen molar-refractivity contribution in [3.63, 3.8) is 0 Å². The van der Waals surface area contributed by atoms with Crippen LogP contribution in [0.4, 0.5) is 5.69 Å². The van der Waals surface area contributed by atoms with Crippen LogP contribution in [0.15, 0.2) is 36.5 Å². The first-order valence-electron chi connectivity index (χ1n) is 5.47. The zero-order valence-corrected chi connectivity index (χ0v) is 10.5. The van der Waals surface area contributed by atoms with E-state index in [4.69, 9.17) is 11.6 Å². The van der Waals surface area contributed by atoms with E-state index in [-0.39, 0.29) is 17.5 Å². The molecule has 0 bridgehead atoms. The van der Waals surface area contributed by atoms with E-state index >= 15 is 0 Å². The summed E-state index contributed by atoms with van der Waals surface area (Å²) in [6.07, 6.45) is 1.59. The molecule has 0 radical (unpaired) electrons. The molecule has 0 spiro atoms. The van der Waals surface area contributed by atoms with Gasteiger partial charge in [0, 0.05) is 0 Å². The van der Waals surface area contributed by atoms with Crippen molar-refractivity contribution in [1.82, 2.24) is 4.98 Å². The van der Waals surface area contributed by atoms with Crippen molar-refractivity contribution in [1.29, 1.82) is 0 Å². The number of hydrogen-bond donors (Lipinski definition) is 3. The van der Waals surface area contributed by atoms with Gasteiger partial charge in [0.15, 0.2) is 0 Å². The van der Waals surface area contributed by atoms with Crippen LogP contribution in [0, 0.1) is 0 Å². The highest BCUT2D eigenvalue weighted by atomic mass is 35.5. The third kappa shape index (κ3) is 2.65. The van der Waals surface area contributed by atoms with Gasteiger partial charge in [-0.2, -0.15) is 0 Å². The number of halogens is 1. The number of aromatic hydroxyl groups is 2. The van der Waals surface area contributed by atoms with E-state index in [9.17, 15) is 10.2 Å². The largest absolute Gasteiger partial charge is 0.507 e. The summed E-state index contributed by atoms with van der Waals surface area (Å²) in [7, 11) is 0. The van der Waals surface area contributed by atoms with Crippen LogP contribution in [-0.4, -0.2) is 15.2 Å². The zero-order valence-electron chi connectivity index (χ0n) is 9.76. The minimum absolute atomic E-state index is 0.0527. The molecule has 1 aromatic heterocycles. The third-order valence-corrected chi connectivity index (χ3v) is 2.83. The first-order valence-corrected chi connectivity index (χ1v) is 5.84. The van der Waals surface area contributed by atoms with Gasteiger partial charge in [-0.25, -0.2) is 4.98 Å². The molecule has 2 rings (SSSR count). The Labute approximate surface area is 110 Å². The normalized spacial score (nSPS) is 12.1. The average molecular weight is 265 g/mol. The molecule has 4 nitrogen and oxygen atoms in total. The van der Waals surface area contributed by atoms with Gasteiger partial charge < -0.3 is 15.5 Å². The van der Waals surface area contributed by atoms with Gasteiger partial charge in [0.25, 0.3) is 0 Å². The minimum Gasteiger partial charge on any atom is -0.507 e. The van der Waals surface area contributed by atoms with Gasteiger partial charge in [-0.05, 0) is 31.2 Å². The van der Waals surface area contributed by atoms with E-state index in [0.717, 1.165) is 5.69 Å². The number of phenolic OH excluding ortho intramolecular Hbond substituents is 2. The van der Waals surface area contributed by atoms with Crippen molar-refractivity contribution >= 4 is 17.3 Å². The maximum absolute atomic E-state index is 9.75. The monoisotopic (exact) mass is 264 g/mol. The lowest BCUT2D eigenvalue weighted by molar-refractivity contribution is 0.434. The average Bonchev–Trinajstić information content (AvgIpc) is 2.32. The summed E-state index contributed by atoms with van der Waals surface area (Å²) in [5, 5.41) is 23.0. The second kappa shape index (κ2) is 5.14. The maximum atomic E-state index is 9.75. The van der Waals surface area contributed by atoms with Crippen LogP contribution in [0.3, 0.4) is 0 Å². The Hall–Kier alpha value is -1.94. The molecule has 1 aromatic carbocycles. The molecule has 0 aliphatic carbocycles. The SMILES string of the molecule is CC(Nc1ccc(Cl)nc1)c1c(O)cccc1O. The number of hydrogen-bond acceptors (Lipinski definition) is 4. The molecule has 0 aliphatic heterocycles. The van der Waals surface area contributed by atoms with Gasteiger partial charge in [-0.15, -0.1) is 0 Å². The predicted molar refractivity (Wildman–Crippen MR) is 71.1 cm³/mol. The fraction of sp³-hybridized carbons (Fsp3) is 0.154. The van der Waals surface area contributed by atoms with E-state index in [0.29, 0.717) is 10.7 Å². The molecule has 1 heterocycles. The van der Waals surface area contributed by atoms with E-state index in [1.54, 1.807) is 24.4 Å². The van der Waals surface area contributed by atoms with Gasteiger partial charge in [0.05, 0.1) is 23.5 Å². The third-order valence-electron chi connectivity index (χ3n) is 2.60. The zero-order chi connectivity index (χ0) is 13.1. The molecular weight excluding hydrogens is 252 g/mol. The fourth-order valence-corrected chi connectivity index (χ4v) is 1.88. The van der Waals surface area contributed by atoms with Gasteiger partial charge in [0.1, 0.15) is 16.7 Å². The van der Waals surface area contributed by atoms with Gasteiger partial charge in [-0.1, -0.05) is 17.7 Å². The van der Waals surface area contributed by atoms with Crippen molar-refractivity contribution in [2.45, 2.75) is 13.0 Å². The summed E-state index contributed by atoms with van der Waals surface area (Å²) in [5.74, 6) is 0.105. The quantitative estimate of drug-likeness (QED) is 0.744. The van der Waals surface area contributed by atoms with Crippen molar-refractivity contribution in [3.05, 3.63) is 47.2 Å². The highest BCUT2D eigenvalue weighted by Gasteiger charge is 2.14. The van der Waals surface area contributed by atoms with Gasteiger partial charge in [0.2, 0.25) is 0 Å². The number of rotatable bonds is 3. The topological polar surface area (TPSA) is 65.4 Å². The lowest BCUT2D eigenvalue weighted by atomic mass is 10.1. The number of phenols is 2. The molecule has 0 aliphatic rings. The number of aromatic nitrogens is 1. The molecular formula is C13H13ClN2O2. The molecule has 0 amide bonds. The van der Waals surface area contributed by atoms with E-state index < -0.39 is 0 Å². The van der Waals surface area contributed by atoms with Gasteiger partial charge in [-0.3, -0.25) is 0 Å². The first-order chi connectivity index (χ1) is 8.58. The van der Waals surface area contributed by atoms with Crippen LogP contribution in [0.25, 0.3) is 0 Å². The summed E-state index contributed by atoms with van der Waals surface area (Å²) < 4.78 is 0. The molecule has 1 atom stereocenters. The first kappa shape index (κ1) is 12.5. The Morgan fingerprint density at radius 3 is 2.39 bits per heavy atom. The highest BCUT2D eigenvalue weighted by Crippen LogP contribution is 2.33. The second-order valence-corrected chi connectivity index (χ2v) is 4.33. The van der Waals surface area contributed by atoms with E-state index in [1.807, 2.05) is 6.92 Å². The molecule has 2 aromatic rings. The number of anilines is 1. The predicted octanol–water partition coefficient (Wildman–Crippen LogP) is 3.32. The van der Waals surface area contributed by atoms with Crippen LogP contribution < -0.4 is 5.32 Å². The molecule has 1 unspecified atom stereocenters. The molecule has 18 heavy (non-hydrogen) atoms. The minimum atomic E-state index is -0.255. The smallest absolute Gasteiger partial charge is 0.129 e. The summed E-state index contributed by atoms with van der Waals surface area (Å²) in [6.45, 7) is 1.84. The van der Waals surface area contributed by atoms with Crippen LogP contribution in [0.2, 0.25) is 5.15 Å². The van der Waals surface area contributed by atoms with Crippen molar-refractivity contribution in [2.75, 3.05) is 5.32 Å². The molecule has 0 fully saturated rings. The van der Waals surface area contributed by atoms with E-state index in [1.165, 1.54) is 12.1 Å². The number of benzene rings is 1. The van der Waals surface area contributed by atoms with Gasteiger partial charge >= 0.3 is 0 Å². The van der Waals surface area contributed by atoms with Crippen LogP contribution in [0.1, 0.15) is 18.5 Å². The molecule has 0 saturated heterocycles. The molecule has 94 valence electrons. The maximum Gasteiger partial charge on any atom is 0.129 e. The Morgan fingerprint density at radius 2 is 1.83 bits per heavy atom. The van der Waals surface area contributed by atoms with Crippen LogP contribution in [-0.2, 0) is 0 Å². The van der Waals surface area contributed by atoms with Crippen molar-refractivity contribution < 1.29 is 10.2 Å². The Morgan fingerprint density at radius 1 is 1.17 bits per heavy atom. The standard InChI is InChI=1S/C13H13ClN2O2/c1-8(13-10(17)3-2-4-11(13)18)16-9-5-6-12(14)15-7-9/h2-8,16-18H,1H3. The van der Waals surface area contributed by atoms with E-state index in [2.05, 4.69) is 10.3 Å². The lowest BCUT2D eigenvalue weighted by Gasteiger charge is -2.17. The van der Waals surface area contributed by atoms with Crippen molar-refractivity contribution in [2.24, 2.45) is 0 Å². The summed E-state index contributed by atoms with van der Waals surface area (Å²) in [4.78, 5) is 3.95.